The van der Waals surface area contributed by atoms with E-state index in [0.29, 0.717) is 22.9 Å². The van der Waals surface area contributed by atoms with Gasteiger partial charge in [-0.2, -0.15) is 0 Å². The molecule has 4 heteroatoms. The molecule has 1 unspecified atom stereocenters. The Morgan fingerprint density at radius 1 is 1.13 bits per heavy atom. The maximum Gasteiger partial charge on any atom is 0.138 e. The zero-order valence-electron chi connectivity index (χ0n) is 13.5. The molecule has 0 radical (unpaired) electrons. The summed E-state index contributed by atoms with van der Waals surface area (Å²) in [5, 5.41) is 14.6. The molecule has 0 aliphatic heterocycles. The maximum atomic E-state index is 10.3. The summed E-state index contributed by atoms with van der Waals surface area (Å²) in [5.41, 5.74) is 0.292. The van der Waals surface area contributed by atoms with Gasteiger partial charge in [-0.15, -0.1) is 0 Å². The second kappa shape index (κ2) is 6.27. The summed E-state index contributed by atoms with van der Waals surface area (Å²) in [4.78, 5) is 0. The first-order valence-corrected chi connectivity index (χ1v) is 9.30. The fourth-order valence-electron chi connectivity index (χ4n) is 5.47. The largest absolute Gasteiger partial charge is 0.489 e. The second-order valence-corrected chi connectivity index (χ2v) is 8.38. The third-order valence-corrected chi connectivity index (χ3v) is 6.33. The molecule has 4 fully saturated rings. The highest BCUT2D eigenvalue weighted by molar-refractivity contribution is 6.32. The van der Waals surface area contributed by atoms with Gasteiger partial charge in [0.15, 0.2) is 0 Å². The summed E-state index contributed by atoms with van der Waals surface area (Å²) in [7, 11) is 0. The SMILES string of the molecule is OC(CNC12CC3CC(CC(C3)C1)C2)COc1ccccc1Cl. The lowest BCUT2D eigenvalue weighted by molar-refractivity contribution is -0.0266. The molecule has 126 valence electrons. The van der Waals surface area contributed by atoms with E-state index in [1.165, 1.54) is 38.5 Å². The van der Waals surface area contributed by atoms with Crippen LogP contribution < -0.4 is 10.1 Å². The second-order valence-electron chi connectivity index (χ2n) is 7.97. The summed E-state index contributed by atoms with van der Waals surface area (Å²) < 4.78 is 5.65. The van der Waals surface area contributed by atoms with Crippen molar-refractivity contribution in [2.24, 2.45) is 17.8 Å². The van der Waals surface area contributed by atoms with Crippen LogP contribution in [0.25, 0.3) is 0 Å². The maximum absolute atomic E-state index is 10.3. The standard InChI is InChI=1S/C19H26ClNO2/c20-17-3-1-2-4-18(17)23-12-16(22)11-21-19-8-13-5-14(9-19)7-15(6-13)10-19/h1-4,13-16,21-22H,5-12H2. The molecular weight excluding hydrogens is 310 g/mol. The van der Waals surface area contributed by atoms with Crippen molar-refractivity contribution < 1.29 is 9.84 Å². The third-order valence-electron chi connectivity index (χ3n) is 6.02. The van der Waals surface area contributed by atoms with Gasteiger partial charge in [0.1, 0.15) is 18.5 Å². The fraction of sp³-hybridized carbons (Fsp3) is 0.684. The van der Waals surface area contributed by atoms with E-state index in [-0.39, 0.29) is 6.61 Å². The molecular formula is C19H26ClNO2. The number of nitrogens with one attached hydrogen (secondary N) is 1. The van der Waals surface area contributed by atoms with Gasteiger partial charge in [0.25, 0.3) is 0 Å². The van der Waals surface area contributed by atoms with Crippen molar-refractivity contribution in [3.8, 4) is 5.75 Å². The molecule has 1 aromatic carbocycles. The van der Waals surface area contributed by atoms with Crippen LogP contribution in [0.1, 0.15) is 38.5 Å². The van der Waals surface area contributed by atoms with E-state index >= 15 is 0 Å². The van der Waals surface area contributed by atoms with Crippen molar-refractivity contribution in [3.63, 3.8) is 0 Å². The number of halogens is 1. The number of β-amino-alcohol motifs (C(OH)–C–C–N with tert-alkyl or cyclic N) is 1. The number of aliphatic hydroxyl groups excluding tert-OH is 1. The fourth-order valence-corrected chi connectivity index (χ4v) is 5.66. The van der Waals surface area contributed by atoms with Crippen molar-refractivity contribution in [3.05, 3.63) is 29.3 Å². The van der Waals surface area contributed by atoms with Gasteiger partial charge in [0.2, 0.25) is 0 Å². The van der Waals surface area contributed by atoms with Gasteiger partial charge in [0.05, 0.1) is 5.02 Å². The van der Waals surface area contributed by atoms with Crippen LogP contribution >= 0.6 is 11.6 Å². The smallest absolute Gasteiger partial charge is 0.138 e. The minimum Gasteiger partial charge on any atom is -0.489 e. The lowest BCUT2D eigenvalue weighted by Crippen LogP contribution is -2.59. The highest BCUT2D eigenvalue weighted by Gasteiger charge is 2.50. The van der Waals surface area contributed by atoms with E-state index in [0.717, 1.165) is 17.8 Å². The van der Waals surface area contributed by atoms with E-state index in [9.17, 15) is 5.11 Å². The van der Waals surface area contributed by atoms with Crippen LogP contribution in [0.15, 0.2) is 24.3 Å². The Morgan fingerprint density at radius 2 is 1.74 bits per heavy atom. The molecule has 5 rings (SSSR count). The first kappa shape index (κ1) is 15.7. The minimum absolute atomic E-state index is 0.281. The minimum atomic E-state index is -0.501. The molecule has 3 nitrogen and oxygen atoms in total. The first-order valence-electron chi connectivity index (χ1n) is 8.92. The topological polar surface area (TPSA) is 41.5 Å². The molecule has 2 N–H and O–H groups in total. The Kier molecular flexibility index (Phi) is 4.29. The van der Waals surface area contributed by atoms with Crippen LogP contribution in [0.4, 0.5) is 0 Å². The molecule has 1 aromatic rings. The Morgan fingerprint density at radius 3 is 2.35 bits per heavy atom. The number of hydrogen-bond acceptors (Lipinski definition) is 3. The van der Waals surface area contributed by atoms with Crippen LogP contribution in [0.5, 0.6) is 5.75 Å². The molecule has 4 saturated carbocycles. The Balaban J connectivity index is 1.28. The Bertz CT molecular complexity index is 527. The predicted molar refractivity (Wildman–Crippen MR) is 91.9 cm³/mol. The number of para-hydroxylation sites is 1. The number of aliphatic hydroxyl groups is 1. The first-order chi connectivity index (χ1) is 11.1. The Hall–Kier alpha value is -0.770. The highest BCUT2D eigenvalue weighted by Crippen LogP contribution is 2.55. The Labute approximate surface area is 143 Å². The normalized spacial score (nSPS) is 36.2. The van der Waals surface area contributed by atoms with Crippen LogP contribution in [-0.4, -0.2) is 29.9 Å². The summed E-state index contributed by atoms with van der Waals surface area (Å²) in [6.07, 6.45) is 7.74. The highest BCUT2D eigenvalue weighted by atomic mass is 35.5. The number of rotatable bonds is 6. The average molecular weight is 336 g/mol. The van der Waals surface area contributed by atoms with Gasteiger partial charge in [-0.05, 0) is 68.4 Å². The molecule has 0 amide bonds. The zero-order chi connectivity index (χ0) is 15.9. The number of hydrogen-bond donors (Lipinski definition) is 2. The van der Waals surface area contributed by atoms with Gasteiger partial charge >= 0.3 is 0 Å². The summed E-state index contributed by atoms with van der Waals surface area (Å²) >= 11 is 6.07. The molecule has 0 aromatic heterocycles. The van der Waals surface area contributed by atoms with Crippen molar-refractivity contribution in [1.29, 1.82) is 0 Å². The molecule has 0 heterocycles. The lowest BCUT2D eigenvalue weighted by Gasteiger charge is -2.57. The van der Waals surface area contributed by atoms with Crippen LogP contribution in [-0.2, 0) is 0 Å². The van der Waals surface area contributed by atoms with E-state index < -0.39 is 6.10 Å². The van der Waals surface area contributed by atoms with E-state index in [1.807, 2.05) is 18.2 Å². The van der Waals surface area contributed by atoms with Crippen molar-refractivity contribution in [1.82, 2.24) is 5.32 Å². The molecule has 0 spiro atoms. The van der Waals surface area contributed by atoms with Crippen molar-refractivity contribution >= 4 is 11.6 Å². The van der Waals surface area contributed by atoms with Gasteiger partial charge in [-0.3, -0.25) is 0 Å². The zero-order valence-corrected chi connectivity index (χ0v) is 14.3. The van der Waals surface area contributed by atoms with Gasteiger partial charge in [0, 0.05) is 12.1 Å². The van der Waals surface area contributed by atoms with E-state index in [1.54, 1.807) is 6.07 Å². The molecule has 1 atom stereocenters. The number of benzene rings is 1. The van der Waals surface area contributed by atoms with Gasteiger partial charge in [-0.1, -0.05) is 23.7 Å². The summed E-state index contributed by atoms with van der Waals surface area (Å²) in [5.74, 6) is 3.41. The van der Waals surface area contributed by atoms with Crippen LogP contribution in [0, 0.1) is 17.8 Å². The number of ether oxygens (including phenoxy) is 1. The van der Waals surface area contributed by atoms with Crippen LogP contribution in [0.3, 0.4) is 0 Å². The molecule has 0 saturated heterocycles. The average Bonchev–Trinajstić information content (AvgIpc) is 2.51. The monoisotopic (exact) mass is 335 g/mol. The summed E-state index contributed by atoms with van der Waals surface area (Å²) in [6, 6.07) is 7.40. The van der Waals surface area contributed by atoms with Crippen molar-refractivity contribution in [2.45, 2.75) is 50.2 Å². The molecule has 4 aliphatic carbocycles. The molecule has 4 bridgehead atoms. The van der Waals surface area contributed by atoms with E-state index in [4.69, 9.17) is 16.3 Å². The van der Waals surface area contributed by atoms with E-state index in [2.05, 4.69) is 5.32 Å². The molecule has 4 aliphatic rings. The summed E-state index contributed by atoms with van der Waals surface area (Å²) in [6.45, 7) is 0.889. The van der Waals surface area contributed by atoms with Crippen molar-refractivity contribution in [2.75, 3.05) is 13.2 Å². The molecule has 23 heavy (non-hydrogen) atoms. The third kappa shape index (κ3) is 3.38. The lowest BCUT2D eigenvalue weighted by atomic mass is 9.53. The van der Waals surface area contributed by atoms with Gasteiger partial charge in [-0.25, -0.2) is 0 Å². The van der Waals surface area contributed by atoms with Crippen LogP contribution in [0.2, 0.25) is 5.02 Å². The van der Waals surface area contributed by atoms with Gasteiger partial charge < -0.3 is 15.2 Å². The predicted octanol–water partition coefficient (Wildman–Crippen LogP) is 3.64. The quantitative estimate of drug-likeness (QED) is 0.834.